The molecule has 3 aromatic rings. The van der Waals surface area contributed by atoms with Crippen LogP contribution in [0.1, 0.15) is 25.0 Å². The van der Waals surface area contributed by atoms with Gasteiger partial charge >= 0.3 is 6.03 Å². The first kappa shape index (κ1) is 21.6. The molecule has 0 atom stereocenters. The standard InChI is InChI=1S/C22H24N4O3S/c1-13(2)23-21(29)25-19(27)12-30-22-24-17-8-6-5-7-16(17)20(28)26(22)18-10-9-14(3)11-15(18)4/h5-11,13H,12H2,1-4H3,(H2,23,25,27,29). The van der Waals surface area contributed by atoms with Crippen LogP contribution in [0.5, 0.6) is 0 Å². The second-order valence-corrected chi connectivity index (χ2v) is 8.25. The van der Waals surface area contributed by atoms with Crippen LogP contribution in [0.4, 0.5) is 4.79 Å². The van der Waals surface area contributed by atoms with E-state index in [0.717, 1.165) is 22.9 Å². The summed E-state index contributed by atoms with van der Waals surface area (Å²) in [6.45, 7) is 7.53. The highest BCUT2D eigenvalue weighted by Gasteiger charge is 2.17. The molecular formula is C22H24N4O3S. The summed E-state index contributed by atoms with van der Waals surface area (Å²) in [5, 5.41) is 5.79. The number of nitrogens with one attached hydrogen (secondary N) is 2. The molecule has 0 saturated carbocycles. The van der Waals surface area contributed by atoms with Gasteiger partial charge < -0.3 is 5.32 Å². The Labute approximate surface area is 178 Å². The van der Waals surface area contributed by atoms with E-state index in [1.54, 1.807) is 32.0 Å². The minimum Gasteiger partial charge on any atom is -0.336 e. The maximum atomic E-state index is 13.3. The molecular weight excluding hydrogens is 400 g/mol. The van der Waals surface area contributed by atoms with Gasteiger partial charge in [-0.2, -0.15) is 0 Å². The number of hydrogen-bond donors (Lipinski definition) is 2. The van der Waals surface area contributed by atoms with Crippen LogP contribution in [0.15, 0.2) is 52.4 Å². The zero-order chi connectivity index (χ0) is 21.8. The summed E-state index contributed by atoms with van der Waals surface area (Å²) in [5.41, 5.74) is 3.08. The highest BCUT2D eigenvalue weighted by molar-refractivity contribution is 7.99. The Kier molecular flexibility index (Phi) is 6.56. The van der Waals surface area contributed by atoms with E-state index in [0.29, 0.717) is 21.7 Å². The fraction of sp³-hybridized carbons (Fsp3) is 0.273. The number of amides is 3. The molecule has 0 aliphatic heterocycles. The van der Waals surface area contributed by atoms with Crippen LogP contribution in [0.25, 0.3) is 16.6 Å². The van der Waals surface area contributed by atoms with Crippen LogP contribution < -0.4 is 16.2 Å². The third-order valence-electron chi connectivity index (χ3n) is 4.34. The van der Waals surface area contributed by atoms with E-state index in [1.165, 1.54) is 4.57 Å². The van der Waals surface area contributed by atoms with Crippen molar-refractivity contribution in [3.63, 3.8) is 0 Å². The minimum atomic E-state index is -0.547. The molecule has 0 fully saturated rings. The van der Waals surface area contributed by atoms with Crippen LogP contribution in [-0.2, 0) is 4.79 Å². The highest BCUT2D eigenvalue weighted by atomic mass is 32.2. The van der Waals surface area contributed by atoms with Crippen molar-refractivity contribution in [1.82, 2.24) is 20.2 Å². The average Bonchev–Trinajstić information content (AvgIpc) is 2.67. The number of para-hydroxylation sites is 1. The van der Waals surface area contributed by atoms with Gasteiger partial charge in [0.25, 0.3) is 5.56 Å². The number of carbonyl (C=O) groups is 2. The maximum Gasteiger partial charge on any atom is 0.321 e. The molecule has 0 bridgehead atoms. The summed E-state index contributed by atoms with van der Waals surface area (Å²) in [4.78, 5) is 41.9. The molecule has 2 aromatic carbocycles. The van der Waals surface area contributed by atoms with Crippen LogP contribution in [0.2, 0.25) is 0 Å². The molecule has 1 aromatic heterocycles. The Morgan fingerprint density at radius 3 is 2.57 bits per heavy atom. The minimum absolute atomic E-state index is 0.0544. The van der Waals surface area contributed by atoms with Crippen molar-refractivity contribution in [2.45, 2.75) is 38.9 Å². The van der Waals surface area contributed by atoms with Gasteiger partial charge in [-0.1, -0.05) is 41.6 Å². The predicted octanol–water partition coefficient (Wildman–Crippen LogP) is 3.33. The molecule has 7 nitrogen and oxygen atoms in total. The number of benzene rings is 2. The van der Waals surface area contributed by atoms with Gasteiger partial charge in [-0.3, -0.25) is 19.5 Å². The Balaban J connectivity index is 1.98. The lowest BCUT2D eigenvalue weighted by atomic mass is 10.1. The quantitative estimate of drug-likeness (QED) is 0.484. The van der Waals surface area contributed by atoms with Crippen molar-refractivity contribution >= 4 is 34.6 Å². The summed E-state index contributed by atoms with van der Waals surface area (Å²) in [7, 11) is 0. The number of aryl methyl sites for hydroxylation is 2. The van der Waals surface area contributed by atoms with E-state index in [9.17, 15) is 14.4 Å². The first-order valence-electron chi connectivity index (χ1n) is 9.59. The van der Waals surface area contributed by atoms with Gasteiger partial charge in [-0.05, 0) is 51.5 Å². The van der Waals surface area contributed by atoms with Gasteiger partial charge in [0.2, 0.25) is 5.91 Å². The van der Waals surface area contributed by atoms with Gasteiger partial charge in [-0.15, -0.1) is 0 Å². The number of urea groups is 1. The van der Waals surface area contributed by atoms with Gasteiger partial charge in [0.15, 0.2) is 5.16 Å². The van der Waals surface area contributed by atoms with E-state index in [2.05, 4.69) is 15.6 Å². The van der Waals surface area contributed by atoms with Gasteiger partial charge in [0, 0.05) is 6.04 Å². The number of nitrogens with zero attached hydrogens (tertiary/aromatic N) is 2. The van der Waals surface area contributed by atoms with E-state index in [-0.39, 0.29) is 17.4 Å². The molecule has 3 rings (SSSR count). The van der Waals surface area contributed by atoms with E-state index >= 15 is 0 Å². The van der Waals surface area contributed by atoms with Crippen LogP contribution in [0.3, 0.4) is 0 Å². The Morgan fingerprint density at radius 2 is 1.87 bits per heavy atom. The fourth-order valence-electron chi connectivity index (χ4n) is 3.07. The number of fused-ring (bicyclic) bond motifs is 1. The molecule has 0 unspecified atom stereocenters. The van der Waals surface area contributed by atoms with Crippen molar-refractivity contribution in [2.24, 2.45) is 0 Å². The second kappa shape index (κ2) is 9.13. The van der Waals surface area contributed by atoms with Crippen LogP contribution >= 0.6 is 11.8 Å². The summed E-state index contributed by atoms with van der Waals surface area (Å²) < 4.78 is 1.53. The number of hydrogen-bond acceptors (Lipinski definition) is 5. The lowest BCUT2D eigenvalue weighted by Gasteiger charge is -2.15. The number of aromatic nitrogens is 2. The number of rotatable bonds is 5. The van der Waals surface area contributed by atoms with Crippen molar-refractivity contribution < 1.29 is 9.59 Å². The SMILES string of the molecule is Cc1ccc(-n2c(SCC(=O)NC(=O)NC(C)C)nc3ccccc3c2=O)c(C)c1. The molecule has 156 valence electrons. The highest BCUT2D eigenvalue weighted by Crippen LogP contribution is 2.23. The zero-order valence-corrected chi connectivity index (χ0v) is 18.2. The van der Waals surface area contributed by atoms with Gasteiger partial charge in [0.05, 0.1) is 22.3 Å². The van der Waals surface area contributed by atoms with Crippen LogP contribution in [-0.4, -0.2) is 33.3 Å². The Morgan fingerprint density at radius 1 is 1.13 bits per heavy atom. The van der Waals surface area contributed by atoms with Crippen molar-refractivity contribution in [2.75, 3.05) is 5.75 Å². The third-order valence-corrected chi connectivity index (χ3v) is 5.28. The third kappa shape index (κ3) is 4.88. The number of carbonyl (C=O) groups excluding carboxylic acids is 2. The molecule has 8 heteroatoms. The first-order valence-corrected chi connectivity index (χ1v) is 10.6. The summed E-state index contributed by atoms with van der Waals surface area (Å²) in [6, 6.07) is 12.3. The lowest BCUT2D eigenvalue weighted by Crippen LogP contribution is -2.43. The van der Waals surface area contributed by atoms with Crippen molar-refractivity contribution in [3.05, 3.63) is 63.9 Å². The summed E-state index contributed by atoms with van der Waals surface area (Å²) in [5.74, 6) is -0.519. The number of imide groups is 1. The average molecular weight is 425 g/mol. The van der Waals surface area contributed by atoms with E-state index < -0.39 is 11.9 Å². The topological polar surface area (TPSA) is 93.1 Å². The van der Waals surface area contributed by atoms with Crippen LogP contribution in [0, 0.1) is 13.8 Å². The normalized spacial score (nSPS) is 11.0. The summed E-state index contributed by atoms with van der Waals surface area (Å²) >= 11 is 1.11. The maximum absolute atomic E-state index is 13.3. The second-order valence-electron chi connectivity index (χ2n) is 7.31. The predicted molar refractivity (Wildman–Crippen MR) is 119 cm³/mol. The van der Waals surface area contributed by atoms with Crippen molar-refractivity contribution in [3.8, 4) is 5.69 Å². The largest absolute Gasteiger partial charge is 0.336 e. The van der Waals surface area contributed by atoms with E-state index in [4.69, 9.17) is 0 Å². The molecule has 0 spiro atoms. The Hall–Kier alpha value is -3.13. The lowest BCUT2D eigenvalue weighted by molar-refractivity contribution is -0.117. The fourth-order valence-corrected chi connectivity index (χ4v) is 3.87. The molecule has 0 radical (unpaired) electrons. The zero-order valence-electron chi connectivity index (χ0n) is 17.4. The number of thioether (sulfide) groups is 1. The molecule has 3 amide bonds. The van der Waals surface area contributed by atoms with E-state index in [1.807, 2.05) is 38.1 Å². The first-order chi connectivity index (χ1) is 14.3. The Bertz CT molecular complexity index is 1170. The molecule has 30 heavy (non-hydrogen) atoms. The van der Waals surface area contributed by atoms with Gasteiger partial charge in [0.1, 0.15) is 0 Å². The molecule has 1 heterocycles. The monoisotopic (exact) mass is 424 g/mol. The molecule has 0 aliphatic carbocycles. The summed E-state index contributed by atoms with van der Waals surface area (Å²) in [6.07, 6.45) is 0. The molecule has 2 N–H and O–H groups in total. The van der Waals surface area contributed by atoms with Crippen molar-refractivity contribution in [1.29, 1.82) is 0 Å². The molecule has 0 aliphatic rings. The molecule has 0 saturated heterocycles. The van der Waals surface area contributed by atoms with Gasteiger partial charge in [-0.25, -0.2) is 9.78 Å². The smallest absolute Gasteiger partial charge is 0.321 e.